The summed E-state index contributed by atoms with van der Waals surface area (Å²) in [4.78, 5) is 14.0. The summed E-state index contributed by atoms with van der Waals surface area (Å²) in [6, 6.07) is 2.86. The summed E-state index contributed by atoms with van der Waals surface area (Å²) in [5.41, 5.74) is 0.525. The normalized spacial score (nSPS) is 25.7. The Morgan fingerprint density at radius 2 is 2.13 bits per heavy atom. The van der Waals surface area contributed by atoms with Gasteiger partial charge in [-0.25, -0.2) is 8.78 Å². The summed E-state index contributed by atoms with van der Waals surface area (Å²) in [5, 5.41) is 32.7. The maximum Gasteiger partial charge on any atom is 0.271 e. The molecule has 3 aliphatic heterocycles. The summed E-state index contributed by atoms with van der Waals surface area (Å²) in [7, 11) is 0. The van der Waals surface area contributed by atoms with Crippen LogP contribution in [0.25, 0.3) is 5.57 Å². The van der Waals surface area contributed by atoms with E-state index < -0.39 is 29.4 Å². The van der Waals surface area contributed by atoms with Crippen LogP contribution in [0, 0.1) is 11.6 Å². The van der Waals surface area contributed by atoms with Crippen molar-refractivity contribution in [3.05, 3.63) is 63.1 Å². The van der Waals surface area contributed by atoms with Crippen LogP contribution >= 0.6 is 11.3 Å². The molecule has 2 unspecified atom stereocenters. The first-order valence-corrected chi connectivity index (χ1v) is 10.0. The van der Waals surface area contributed by atoms with Gasteiger partial charge in [-0.2, -0.15) is 0 Å². The van der Waals surface area contributed by atoms with Crippen molar-refractivity contribution in [3.63, 3.8) is 0 Å². The molecule has 4 heterocycles. The number of rotatable bonds is 3. The average molecular weight is 434 g/mol. The topological polar surface area (TPSA) is 108 Å². The third-order valence-electron chi connectivity index (χ3n) is 5.34. The van der Waals surface area contributed by atoms with Gasteiger partial charge in [0, 0.05) is 24.3 Å². The number of hydrogen-bond donors (Lipinski definition) is 3. The number of hydrogen-bond acceptors (Lipinski definition) is 8. The Kier molecular flexibility index (Phi) is 4.53. The third kappa shape index (κ3) is 3.06. The Morgan fingerprint density at radius 1 is 1.30 bits per heavy atom. The number of carbonyl (C=O) groups is 1. The molecule has 2 saturated heterocycles. The monoisotopic (exact) mass is 434 g/mol. The number of amides is 1. The van der Waals surface area contributed by atoms with Gasteiger partial charge in [-0.15, -0.1) is 10.2 Å². The van der Waals surface area contributed by atoms with E-state index in [1.165, 1.54) is 12.1 Å². The van der Waals surface area contributed by atoms with Crippen LogP contribution in [0.15, 0.2) is 35.9 Å². The van der Waals surface area contributed by atoms with Gasteiger partial charge in [-0.05, 0) is 11.6 Å². The van der Waals surface area contributed by atoms with Crippen molar-refractivity contribution in [3.8, 4) is 0 Å². The number of aliphatic hydroxyl groups excluding tert-OH is 2. The molecule has 8 nitrogen and oxygen atoms in total. The fourth-order valence-electron chi connectivity index (χ4n) is 3.82. The lowest BCUT2D eigenvalue weighted by Crippen LogP contribution is -2.58. The second-order valence-electron chi connectivity index (χ2n) is 7.23. The van der Waals surface area contributed by atoms with Crippen LogP contribution in [0.3, 0.4) is 0 Å². The molecule has 1 aromatic heterocycles. The van der Waals surface area contributed by atoms with Gasteiger partial charge in [0.1, 0.15) is 33.5 Å². The van der Waals surface area contributed by atoms with E-state index in [2.05, 4.69) is 15.5 Å². The fraction of sp³-hybridized carbons (Fsp3) is 0.316. The maximum atomic E-state index is 13.9. The number of piperazine rings is 1. The molecule has 0 radical (unpaired) electrons. The van der Waals surface area contributed by atoms with E-state index in [4.69, 9.17) is 4.74 Å². The van der Waals surface area contributed by atoms with Crippen molar-refractivity contribution in [1.82, 2.24) is 20.4 Å². The molecule has 3 aliphatic rings. The molecule has 0 aliphatic carbocycles. The number of fused-ring (bicyclic) bond motifs is 3. The molecule has 11 heteroatoms. The van der Waals surface area contributed by atoms with Crippen LogP contribution in [-0.4, -0.2) is 62.6 Å². The van der Waals surface area contributed by atoms with Crippen molar-refractivity contribution in [1.29, 1.82) is 0 Å². The van der Waals surface area contributed by atoms with E-state index in [1.807, 2.05) is 0 Å². The van der Waals surface area contributed by atoms with Gasteiger partial charge in [0.15, 0.2) is 5.76 Å². The minimum atomic E-state index is -1.45. The zero-order valence-electron chi connectivity index (χ0n) is 15.4. The molecule has 0 saturated carbocycles. The van der Waals surface area contributed by atoms with Crippen molar-refractivity contribution < 1.29 is 28.5 Å². The number of nitrogens with zero attached hydrogens (tertiary/aromatic N) is 3. The predicted octanol–water partition coefficient (Wildman–Crippen LogP) is 1.09. The molecule has 156 valence electrons. The van der Waals surface area contributed by atoms with Crippen molar-refractivity contribution in [2.75, 3.05) is 13.2 Å². The number of ether oxygens (including phenoxy) is 1. The van der Waals surface area contributed by atoms with Crippen LogP contribution in [0.5, 0.6) is 0 Å². The highest BCUT2D eigenvalue weighted by Crippen LogP contribution is 2.37. The molecule has 30 heavy (non-hydrogen) atoms. The summed E-state index contributed by atoms with van der Waals surface area (Å²) in [5.74, 6) is -2.31. The lowest BCUT2D eigenvalue weighted by Gasteiger charge is -2.40. The van der Waals surface area contributed by atoms with Crippen molar-refractivity contribution in [2.45, 2.75) is 24.6 Å². The first-order chi connectivity index (χ1) is 14.4. The minimum Gasteiger partial charge on any atom is -0.507 e. The standard InChI is InChI=1S/C19H16F2N4O4S/c20-9-2-1-8(11(21)4-9)3-14-23-24-19(30-14)10-5-25-13-7-29-6-12(13)22-18(28)15(25)17(27)16(10)26/h1-2,4-5,12-13,16,26-27H,3,6-7H2,(H,22,28)/t12-,13?,16?/m0/s1. The van der Waals surface area contributed by atoms with Gasteiger partial charge in [0.25, 0.3) is 5.91 Å². The molecule has 1 amide bonds. The number of halogens is 2. The Bertz CT molecular complexity index is 1100. The number of aliphatic hydroxyl groups is 2. The Balaban J connectivity index is 1.46. The average Bonchev–Trinajstić information content (AvgIpc) is 3.36. The van der Waals surface area contributed by atoms with Crippen molar-refractivity contribution in [2.24, 2.45) is 0 Å². The number of benzene rings is 1. The van der Waals surface area contributed by atoms with Gasteiger partial charge in [-0.1, -0.05) is 17.4 Å². The molecule has 2 aromatic rings. The van der Waals surface area contributed by atoms with Crippen LogP contribution in [0.1, 0.15) is 15.6 Å². The molecule has 5 rings (SSSR count). The maximum absolute atomic E-state index is 13.9. The predicted molar refractivity (Wildman–Crippen MR) is 101 cm³/mol. The Morgan fingerprint density at radius 3 is 2.93 bits per heavy atom. The molecular weight excluding hydrogens is 418 g/mol. The smallest absolute Gasteiger partial charge is 0.271 e. The molecule has 3 N–H and O–H groups in total. The second kappa shape index (κ2) is 7.11. The quantitative estimate of drug-likeness (QED) is 0.664. The number of carbonyl (C=O) groups excluding carboxylic acids is 1. The van der Waals surface area contributed by atoms with E-state index in [9.17, 15) is 23.8 Å². The first-order valence-electron chi connectivity index (χ1n) is 9.19. The van der Waals surface area contributed by atoms with Crippen LogP contribution < -0.4 is 5.32 Å². The van der Waals surface area contributed by atoms with Crippen LogP contribution in [0.4, 0.5) is 8.78 Å². The molecule has 1 aromatic carbocycles. The largest absolute Gasteiger partial charge is 0.507 e. The fourth-order valence-corrected chi connectivity index (χ4v) is 4.72. The lowest BCUT2D eigenvalue weighted by molar-refractivity contribution is -0.122. The first kappa shape index (κ1) is 19.1. The zero-order valence-corrected chi connectivity index (χ0v) is 16.2. The zero-order chi connectivity index (χ0) is 21.0. The number of nitrogens with one attached hydrogen (secondary N) is 1. The van der Waals surface area contributed by atoms with Crippen LogP contribution in [0.2, 0.25) is 0 Å². The molecule has 3 atom stereocenters. The van der Waals surface area contributed by atoms with Gasteiger partial charge in [0.2, 0.25) is 0 Å². The summed E-state index contributed by atoms with van der Waals surface area (Å²) in [6.07, 6.45) is 0.225. The minimum absolute atomic E-state index is 0.0175. The summed E-state index contributed by atoms with van der Waals surface area (Å²) >= 11 is 1.12. The molecule has 0 spiro atoms. The highest BCUT2D eigenvalue weighted by molar-refractivity contribution is 7.12. The van der Waals surface area contributed by atoms with Crippen LogP contribution in [-0.2, 0) is 16.0 Å². The highest BCUT2D eigenvalue weighted by Gasteiger charge is 2.46. The molecule has 2 fully saturated rings. The molecule has 0 bridgehead atoms. The summed E-state index contributed by atoms with van der Waals surface area (Å²) in [6.45, 7) is 0.714. The van der Waals surface area contributed by atoms with Gasteiger partial charge >= 0.3 is 0 Å². The Labute approximate surface area is 173 Å². The van der Waals surface area contributed by atoms with E-state index in [-0.39, 0.29) is 35.3 Å². The van der Waals surface area contributed by atoms with Gasteiger partial charge < -0.3 is 25.2 Å². The van der Waals surface area contributed by atoms with E-state index in [0.717, 1.165) is 17.4 Å². The lowest BCUT2D eigenvalue weighted by atomic mass is 9.97. The van der Waals surface area contributed by atoms with E-state index in [1.54, 1.807) is 11.1 Å². The SMILES string of the molecule is O=C1N[C@H]2COCC2N2C=C(c3nnc(Cc4ccc(F)cc4F)s3)C(O)C(O)=C12. The van der Waals surface area contributed by atoms with E-state index in [0.29, 0.717) is 23.2 Å². The van der Waals surface area contributed by atoms with Crippen molar-refractivity contribution >= 4 is 22.8 Å². The highest BCUT2D eigenvalue weighted by atomic mass is 32.1. The van der Waals surface area contributed by atoms with Gasteiger partial charge in [-0.3, -0.25) is 4.79 Å². The second-order valence-corrected chi connectivity index (χ2v) is 8.29. The number of aromatic nitrogens is 2. The van der Waals surface area contributed by atoms with E-state index >= 15 is 0 Å². The third-order valence-corrected chi connectivity index (χ3v) is 6.31. The Hall–Kier alpha value is -2.89. The molecular formula is C19H16F2N4O4S. The van der Waals surface area contributed by atoms with Gasteiger partial charge in [0.05, 0.1) is 25.3 Å². The summed E-state index contributed by atoms with van der Waals surface area (Å²) < 4.78 is 32.5.